The van der Waals surface area contributed by atoms with E-state index in [4.69, 9.17) is 4.84 Å². The highest BCUT2D eigenvalue weighted by atomic mass is 19.1. The molecule has 1 fully saturated rings. The third kappa shape index (κ3) is 3.60. The second-order valence-corrected chi connectivity index (χ2v) is 8.65. The normalized spacial score (nSPS) is 17.4. The minimum Gasteiger partial charge on any atom is -0.389 e. The monoisotopic (exact) mass is 379 g/mol. The zero-order valence-electron chi connectivity index (χ0n) is 16.7. The van der Waals surface area contributed by atoms with E-state index in [0.717, 1.165) is 42.5 Å². The van der Waals surface area contributed by atoms with E-state index in [1.807, 2.05) is 39.0 Å². The van der Waals surface area contributed by atoms with Crippen molar-refractivity contribution >= 4 is 11.5 Å². The topological polar surface area (TPSA) is 38.7 Å². The highest BCUT2D eigenvalue weighted by Crippen LogP contribution is 2.43. The molecule has 0 amide bonds. The van der Waals surface area contributed by atoms with Crippen LogP contribution in [0.25, 0.3) is 11.1 Å². The van der Waals surface area contributed by atoms with Crippen LogP contribution in [0.5, 0.6) is 0 Å². The Morgan fingerprint density at radius 2 is 1.93 bits per heavy atom. The predicted octanol–water partition coefficient (Wildman–Crippen LogP) is 6.08. The summed E-state index contributed by atoms with van der Waals surface area (Å²) < 4.78 is 14.6. The number of halogens is 1. The van der Waals surface area contributed by atoms with Gasteiger partial charge in [-0.3, -0.25) is 4.79 Å². The molecule has 0 N–H and O–H groups in total. The molecule has 146 valence electrons. The van der Waals surface area contributed by atoms with Crippen LogP contribution in [0.4, 0.5) is 4.39 Å². The van der Waals surface area contributed by atoms with Gasteiger partial charge < -0.3 is 4.84 Å². The van der Waals surface area contributed by atoms with E-state index < -0.39 is 0 Å². The van der Waals surface area contributed by atoms with Crippen molar-refractivity contribution < 1.29 is 14.0 Å². The molecule has 0 atom stereocenters. The Morgan fingerprint density at radius 3 is 2.54 bits per heavy atom. The molecule has 2 aromatic carbocycles. The molecule has 3 nitrogen and oxygen atoms in total. The number of Topliss-reactive ketones (excluding diaryl/α,β-unsaturated/α-hetero) is 1. The lowest BCUT2D eigenvalue weighted by molar-refractivity contribution is -0.0755. The summed E-state index contributed by atoms with van der Waals surface area (Å²) in [6.07, 6.45) is 4.42. The molecule has 2 aliphatic rings. The number of aryl methyl sites for hydroxylation is 1. The van der Waals surface area contributed by atoms with Crippen molar-refractivity contribution in [1.29, 1.82) is 0 Å². The van der Waals surface area contributed by atoms with Crippen LogP contribution in [0, 0.1) is 18.7 Å². The summed E-state index contributed by atoms with van der Waals surface area (Å²) in [4.78, 5) is 18.5. The summed E-state index contributed by atoms with van der Waals surface area (Å²) in [6.45, 7) is 5.92. The van der Waals surface area contributed by atoms with Crippen molar-refractivity contribution in [3.05, 3.63) is 58.9 Å². The molecular weight excluding hydrogens is 353 g/mol. The number of oxime groups is 1. The summed E-state index contributed by atoms with van der Waals surface area (Å²) in [6, 6.07) is 10.8. The van der Waals surface area contributed by atoms with Gasteiger partial charge in [0.15, 0.2) is 5.78 Å². The Hall–Kier alpha value is -2.49. The highest BCUT2D eigenvalue weighted by Gasteiger charge is 2.44. The lowest BCUT2D eigenvalue weighted by Gasteiger charge is -2.34. The molecule has 1 heterocycles. The van der Waals surface area contributed by atoms with Crippen LogP contribution < -0.4 is 0 Å². The van der Waals surface area contributed by atoms with Gasteiger partial charge in [0.1, 0.15) is 11.4 Å². The van der Waals surface area contributed by atoms with Gasteiger partial charge in [-0.1, -0.05) is 31.1 Å². The van der Waals surface area contributed by atoms with Crippen LogP contribution in [-0.4, -0.2) is 17.1 Å². The van der Waals surface area contributed by atoms with Crippen LogP contribution >= 0.6 is 0 Å². The number of nitrogens with zero attached hydrogens (tertiary/aromatic N) is 1. The summed E-state index contributed by atoms with van der Waals surface area (Å²) >= 11 is 0. The van der Waals surface area contributed by atoms with Crippen molar-refractivity contribution in [3.8, 4) is 11.1 Å². The Balaban J connectivity index is 1.76. The van der Waals surface area contributed by atoms with E-state index in [2.05, 4.69) is 5.16 Å². The molecule has 2 aromatic rings. The van der Waals surface area contributed by atoms with Gasteiger partial charge in [-0.25, -0.2) is 4.39 Å². The van der Waals surface area contributed by atoms with Gasteiger partial charge in [-0.2, -0.15) is 0 Å². The Morgan fingerprint density at radius 1 is 1.18 bits per heavy atom. The van der Waals surface area contributed by atoms with Gasteiger partial charge in [-0.05, 0) is 67.5 Å². The van der Waals surface area contributed by atoms with Crippen molar-refractivity contribution in [2.45, 2.75) is 58.5 Å². The molecule has 1 aliphatic heterocycles. The first-order chi connectivity index (χ1) is 13.3. The zero-order valence-corrected chi connectivity index (χ0v) is 16.7. The number of hydrogen-bond acceptors (Lipinski definition) is 3. The minimum atomic E-state index is -0.278. The largest absolute Gasteiger partial charge is 0.389 e. The van der Waals surface area contributed by atoms with Crippen molar-refractivity contribution in [1.82, 2.24) is 0 Å². The maximum atomic E-state index is 14.6. The summed E-state index contributed by atoms with van der Waals surface area (Å²) in [5.74, 6) is 0.0593. The summed E-state index contributed by atoms with van der Waals surface area (Å²) in [7, 11) is 0. The SMILES string of the molecule is Cc1ccc(-c2cc(C(=O)CC(C)C)cc(C3=NOC4(CCC4)C3)c2)c(F)c1. The van der Waals surface area contributed by atoms with Gasteiger partial charge in [0.2, 0.25) is 0 Å². The molecule has 4 heteroatoms. The quantitative estimate of drug-likeness (QED) is 0.591. The molecule has 0 radical (unpaired) electrons. The third-order valence-electron chi connectivity index (χ3n) is 5.72. The second-order valence-electron chi connectivity index (χ2n) is 8.65. The smallest absolute Gasteiger partial charge is 0.163 e. The van der Waals surface area contributed by atoms with Gasteiger partial charge in [0, 0.05) is 29.5 Å². The number of hydrogen-bond donors (Lipinski definition) is 0. The fraction of sp³-hybridized carbons (Fsp3) is 0.417. The molecule has 0 saturated heterocycles. The molecule has 1 aliphatic carbocycles. The van der Waals surface area contributed by atoms with E-state index >= 15 is 0 Å². The summed E-state index contributed by atoms with van der Waals surface area (Å²) in [5.41, 5.74) is 4.25. The highest BCUT2D eigenvalue weighted by molar-refractivity contribution is 6.06. The first-order valence-electron chi connectivity index (χ1n) is 10.1. The first kappa shape index (κ1) is 18.9. The van der Waals surface area contributed by atoms with E-state index in [1.165, 1.54) is 6.07 Å². The van der Waals surface area contributed by atoms with Gasteiger partial charge in [-0.15, -0.1) is 0 Å². The van der Waals surface area contributed by atoms with Crippen LogP contribution in [0.15, 0.2) is 41.6 Å². The van der Waals surface area contributed by atoms with Crippen LogP contribution in [0.2, 0.25) is 0 Å². The molecule has 0 unspecified atom stereocenters. The number of carbonyl (C=O) groups is 1. The molecule has 1 saturated carbocycles. The van der Waals surface area contributed by atoms with Crippen LogP contribution in [-0.2, 0) is 4.84 Å². The molecule has 4 rings (SSSR count). The second kappa shape index (κ2) is 7.16. The fourth-order valence-electron chi connectivity index (χ4n) is 3.97. The fourth-order valence-corrected chi connectivity index (χ4v) is 3.97. The van der Waals surface area contributed by atoms with E-state index in [0.29, 0.717) is 23.1 Å². The van der Waals surface area contributed by atoms with Gasteiger partial charge in [0.25, 0.3) is 0 Å². The Bertz CT molecular complexity index is 957. The zero-order chi connectivity index (χ0) is 19.9. The maximum Gasteiger partial charge on any atom is 0.163 e. The lowest BCUT2D eigenvalue weighted by Crippen LogP contribution is -2.36. The number of rotatable bonds is 5. The molecule has 0 aromatic heterocycles. The molecule has 28 heavy (non-hydrogen) atoms. The standard InChI is InChI=1S/C24H26FNO2/c1-15(2)9-23(27)19-12-17(20-6-5-16(3)10-21(20)25)11-18(13-19)22-14-24(28-26-22)7-4-8-24/h5-6,10-13,15H,4,7-9,14H2,1-3H3. The molecule has 1 spiro atoms. The van der Waals surface area contributed by atoms with Crippen molar-refractivity contribution in [3.63, 3.8) is 0 Å². The number of carbonyl (C=O) groups excluding carboxylic acids is 1. The third-order valence-corrected chi connectivity index (χ3v) is 5.72. The van der Waals surface area contributed by atoms with Gasteiger partial charge >= 0.3 is 0 Å². The molecular formula is C24H26FNO2. The van der Waals surface area contributed by atoms with Crippen LogP contribution in [0.3, 0.4) is 0 Å². The van der Waals surface area contributed by atoms with E-state index in [9.17, 15) is 9.18 Å². The molecule has 0 bridgehead atoms. The van der Waals surface area contributed by atoms with Crippen LogP contribution in [0.1, 0.15) is 67.4 Å². The Labute approximate surface area is 165 Å². The average molecular weight is 379 g/mol. The number of ketones is 1. The predicted molar refractivity (Wildman–Crippen MR) is 109 cm³/mol. The van der Waals surface area contributed by atoms with Gasteiger partial charge in [0.05, 0.1) is 5.71 Å². The van der Waals surface area contributed by atoms with E-state index in [-0.39, 0.29) is 23.1 Å². The Kier molecular flexibility index (Phi) is 4.82. The first-order valence-corrected chi connectivity index (χ1v) is 10.1. The summed E-state index contributed by atoms with van der Waals surface area (Å²) in [5, 5.41) is 4.33. The average Bonchev–Trinajstić information content (AvgIpc) is 3.07. The maximum absolute atomic E-state index is 14.6. The number of benzene rings is 2. The van der Waals surface area contributed by atoms with E-state index in [1.54, 1.807) is 12.1 Å². The minimum absolute atomic E-state index is 0.0727. The lowest BCUT2D eigenvalue weighted by atomic mass is 9.76. The van der Waals surface area contributed by atoms with Crippen molar-refractivity contribution in [2.75, 3.05) is 0 Å². The van der Waals surface area contributed by atoms with Crippen molar-refractivity contribution in [2.24, 2.45) is 11.1 Å².